The highest BCUT2D eigenvalue weighted by Gasteiger charge is 2.58. The van der Waals surface area contributed by atoms with E-state index in [9.17, 15) is 33.6 Å². The van der Waals surface area contributed by atoms with Crippen LogP contribution in [0, 0.1) is 0 Å². The van der Waals surface area contributed by atoms with E-state index in [1.54, 1.807) is 59.7 Å². The van der Waals surface area contributed by atoms with Gasteiger partial charge in [0.15, 0.2) is 11.6 Å². The van der Waals surface area contributed by atoms with Crippen LogP contribution in [-0.4, -0.2) is 120 Å². The van der Waals surface area contributed by atoms with Crippen LogP contribution in [0.25, 0.3) is 5.57 Å². The molecule has 0 bridgehead atoms. The Balaban J connectivity index is 0.00000443. The Labute approximate surface area is 353 Å². The van der Waals surface area contributed by atoms with Crippen molar-refractivity contribution >= 4 is 87.8 Å². The number of Topliss-reactive ketones (excluding diaryl/α,β-unsaturated/α-hetero) is 2. The number of ketones is 2. The first-order chi connectivity index (χ1) is 27.6. The van der Waals surface area contributed by atoms with E-state index in [0.29, 0.717) is 33.9 Å². The van der Waals surface area contributed by atoms with Gasteiger partial charge in [-0.3, -0.25) is 24.0 Å². The highest BCUT2D eigenvalue weighted by molar-refractivity contribution is 8.20. The van der Waals surface area contributed by atoms with Crippen LogP contribution in [-0.2, 0) is 52.5 Å². The summed E-state index contributed by atoms with van der Waals surface area (Å²) >= 11 is 2.99. The van der Waals surface area contributed by atoms with Crippen LogP contribution in [0.15, 0.2) is 33.6 Å². The van der Waals surface area contributed by atoms with Crippen LogP contribution in [0.2, 0.25) is 0 Å². The lowest BCUT2D eigenvalue weighted by molar-refractivity contribution is -0.142. The van der Waals surface area contributed by atoms with Crippen LogP contribution < -0.4 is 9.64 Å². The van der Waals surface area contributed by atoms with Gasteiger partial charge >= 0.3 is 17.9 Å². The fraction of sp³-hybridized carbons (Fsp3) is 0.585. The summed E-state index contributed by atoms with van der Waals surface area (Å²) in [6, 6.07) is 5.03. The van der Waals surface area contributed by atoms with Crippen molar-refractivity contribution in [2.75, 3.05) is 63.9 Å². The molecule has 0 aliphatic carbocycles. The predicted molar refractivity (Wildman–Crippen MR) is 227 cm³/mol. The minimum atomic E-state index is -1.75. The van der Waals surface area contributed by atoms with Gasteiger partial charge in [0.1, 0.15) is 27.9 Å². The van der Waals surface area contributed by atoms with E-state index in [0.717, 1.165) is 35.3 Å². The van der Waals surface area contributed by atoms with Crippen LogP contribution in [0.5, 0.6) is 5.75 Å². The highest BCUT2D eigenvalue weighted by Crippen LogP contribution is 2.66. The van der Waals surface area contributed by atoms with Gasteiger partial charge in [-0.1, -0.05) is 32.5 Å². The minimum absolute atomic E-state index is 0.00334. The van der Waals surface area contributed by atoms with E-state index in [1.165, 1.54) is 16.9 Å². The number of hydrogen-bond donors (Lipinski definition) is 0. The van der Waals surface area contributed by atoms with Crippen molar-refractivity contribution in [1.82, 2.24) is 4.90 Å². The summed E-state index contributed by atoms with van der Waals surface area (Å²) in [4.78, 5) is 98.6. The molecule has 1 saturated heterocycles. The van der Waals surface area contributed by atoms with Gasteiger partial charge in [-0.2, -0.15) is 0 Å². The summed E-state index contributed by atoms with van der Waals surface area (Å²) in [5.41, 5.74) is -0.256. The smallest absolute Gasteiger partial charge is 0.345 e. The molecule has 17 heteroatoms. The van der Waals surface area contributed by atoms with E-state index in [4.69, 9.17) is 23.7 Å². The number of amides is 2. The molecular formula is C41H56N2O12S3. The summed E-state index contributed by atoms with van der Waals surface area (Å²) in [6.45, 7) is 15.5. The van der Waals surface area contributed by atoms with Crippen LogP contribution in [0.1, 0.15) is 87.1 Å². The van der Waals surface area contributed by atoms with Crippen molar-refractivity contribution in [3.05, 3.63) is 39.1 Å². The summed E-state index contributed by atoms with van der Waals surface area (Å²) in [7, 11) is 1.47. The molecule has 14 nitrogen and oxygen atoms in total. The van der Waals surface area contributed by atoms with Gasteiger partial charge in [0.2, 0.25) is 11.8 Å². The summed E-state index contributed by atoms with van der Waals surface area (Å²) in [5.74, 6) is -3.54. The molecule has 2 atom stereocenters. The molecule has 1 aromatic carbocycles. The molecule has 0 aromatic heterocycles. The zero-order valence-corrected chi connectivity index (χ0v) is 37.6. The molecule has 1 fully saturated rings. The Bertz CT molecular complexity index is 1810. The predicted octanol–water partition coefficient (Wildman–Crippen LogP) is 5.99. The monoisotopic (exact) mass is 864 g/mol. The lowest BCUT2D eigenvalue weighted by Gasteiger charge is -2.52. The molecule has 2 amide bonds. The molecule has 0 spiro atoms. The van der Waals surface area contributed by atoms with Crippen molar-refractivity contribution in [2.45, 2.75) is 96.4 Å². The Kier molecular flexibility index (Phi) is 18.4. The fourth-order valence-corrected chi connectivity index (χ4v) is 11.5. The van der Waals surface area contributed by atoms with Crippen LogP contribution in [0.3, 0.4) is 0 Å². The Hall–Kier alpha value is -3.80. The number of likely N-dealkylation sites (tertiary alicyclic amines) is 1. The topological polar surface area (TPSA) is 172 Å². The quantitative estimate of drug-likeness (QED) is 0.0957. The second-order valence-corrected chi connectivity index (χ2v) is 17.4. The molecule has 58 heavy (non-hydrogen) atoms. The molecule has 3 aliphatic rings. The van der Waals surface area contributed by atoms with Gasteiger partial charge in [0.05, 0.1) is 61.3 Å². The maximum atomic E-state index is 14.6. The molecule has 0 N–H and O–H groups in total. The van der Waals surface area contributed by atoms with Gasteiger partial charge in [-0.05, 0) is 66.2 Å². The summed E-state index contributed by atoms with van der Waals surface area (Å²) in [5, 5.41) is -0.884. The number of rotatable bonds is 18. The average molecular weight is 865 g/mol. The van der Waals surface area contributed by atoms with Crippen molar-refractivity contribution in [1.29, 1.82) is 0 Å². The lowest BCUT2D eigenvalue weighted by atomic mass is 9.83. The fourth-order valence-electron chi connectivity index (χ4n) is 6.53. The van der Waals surface area contributed by atoms with E-state index in [-0.39, 0.29) is 86.1 Å². The minimum Gasteiger partial charge on any atom is -0.497 e. The van der Waals surface area contributed by atoms with Gasteiger partial charge < -0.3 is 33.5 Å². The van der Waals surface area contributed by atoms with E-state index >= 15 is 0 Å². The zero-order valence-electron chi connectivity index (χ0n) is 35.1. The first kappa shape index (κ1) is 48.6. The second kappa shape index (κ2) is 22.0. The maximum Gasteiger partial charge on any atom is 0.345 e. The number of ether oxygens (including phenoxy) is 5. The molecule has 3 aliphatic heterocycles. The van der Waals surface area contributed by atoms with Crippen LogP contribution in [0.4, 0.5) is 5.69 Å². The number of thioether (sulfide) groups is 3. The first-order valence-electron chi connectivity index (χ1n) is 19.5. The number of carbonyl (C=O) groups is 7. The third-order valence-electron chi connectivity index (χ3n) is 9.10. The third kappa shape index (κ3) is 10.7. The standard InChI is InChI=1S/C39H50N2O12S3.C2H6/c1-9-17-53-31(46)22-54-39(56-23(5)28(43)21-50-10-2)32-26-18-25(49-8)14-15-27(26)41(30(45)20-40-19-24(42)13-16-29(40)44)38(6,7)35(32)55-34(37(48)52-12-4)33(39)36(47)51-11-3;1-2/h14-15,18,23H,9-13,16-17,19-22H2,1-8H3;1-2H3. The molecule has 1 aromatic rings. The number of nitrogens with zero attached hydrogens (tertiary/aromatic N) is 2. The molecule has 0 radical (unpaired) electrons. The maximum absolute atomic E-state index is 14.6. The number of esters is 3. The molecule has 4 rings (SSSR count). The molecule has 0 saturated carbocycles. The second-order valence-electron chi connectivity index (χ2n) is 13.4. The number of anilines is 1. The number of hydrogen-bond acceptors (Lipinski definition) is 15. The van der Waals surface area contributed by atoms with Crippen molar-refractivity contribution < 1.29 is 57.2 Å². The third-order valence-corrected chi connectivity index (χ3v) is 13.8. The lowest BCUT2D eigenvalue weighted by Crippen LogP contribution is -2.57. The molecule has 3 heterocycles. The number of carbonyl (C=O) groups excluding carboxylic acids is 7. The Morgan fingerprint density at radius 3 is 2.22 bits per heavy atom. The summed E-state index contributed by atoms with van der Waals surface area (Å²) < 4.78 is 26.1. The van der Waals surface area contributed by atoms with Gasteiger partial charge in [-0.25, -0.2) is 9.59 Å². The zero-order chi connectivity index (χ0) is 43.4. The van der Waals surface area contributed by atoms with E-state index < -0.39 is 45.2 Å². The van der Waals surface area contributed by atoms with E-state index in [1.807, 2.05) is 20.8 Å². The van der Waals surface area contributed by atoms with Crippen molar-refractivity contribution in [3.63, 3.8) is 0 Å². The molecular weight excluding hydrogens is 809 g/mol. The SMILES string of the molecule is CC.CCCOC(=O)CSC1(SC(C)C(=O)COCC)C(C(=O)OCC)=C(C(=O)OCC)SC2=C1c1cc(OC)ccc1N(C(=O)CN1CC(=O)CCC1=O)C2(C)C. The average Bonchev–Trinajstić information content (AvgIpc) is 3.19. The number of piperidine rings is 1. The van der Waals surface area contributed by atoms with Gasteiger partial charge in [0, 0.05) is 35.5 Å². The first-order valence-corrected chi connectivity index (χ1v) is 22.2. The molecule has 2 unspecified atom stereocenters. The van der Waals surface area contributed by atoms with Crippen molar-refractivity contribution in [2.24, 2.45) is 0 Å². The van der Waals surface area contributed by atoms with E-state index in [2.05, 4.69) is 0 Å². The Morgan fingerprint density at radius 1 is 0.931 bits per heavy atom. The van der Waals surface area contributed by atoms with Crippen LogP contribution >= 0.6 is 35.3 Å². The van der Waals surface area contributed by atoms with Gasteiger partial charge in [-0.15, -0.1) is 23.5 Å². The molecule has 320 valence electrons. The highest BCUT2D eigenvalue weighted by atomic mass is 32.2. The largest absolute Gasteiger partial charge is 0.497 e. The number of fused-ring (bicyclic) bond motifs is 2. The Morgan fingerprint density at radius 2 is 1.60 bits per heavy atom. The summed E-state index contributed by atoms with van der Waals surface area (Å²) in [6.07, 6.45) is 0.667. The van der Waals surface area contributed by atoms with Crippen molar-refractivity contribution in [3.8, 4) is 5.75 Å². The number of methoxy groups -OCH3 is 1. The number of benzene rings is 1. The van der Waals surface area contributed by atoms with Gasteiger partial charge in [0.25, 0.3) is 0 Å². The normalized spacial score (nSPS) is 19.0.